The summed E-state index contributed by atoms with van der Waals surface area (Å²) in [7, 11) is 0. The van der Waals surface area contributed by atoms with Crippen LogP contribution in [0.1, 0.15) is 19.5 Å². The molecule has 0 saturated carbocycles. The van der Waals surface area contributed by atoms with Crippen molar-refractivity contribution in [1.82, 2.24) is 4.98 Å². The summed E-state index contributed by atoms with van der Waals surface area (Å²) >= 11 is 5.72. The molecule has 0 atom stereocenters. The van der Waals surface area contributed by atoms with Gasteiger partial charge in [-0.25, -0.2) is 9.37 Å². The predicted molar refractivity (Wildman–Crippen MR) is 79.4 cm³/mol. The van der Waals surface area contributed by atoms with Crippen LogP contribution >= 0.6 is 11.6 Å². The fourth-order valence-corrected chi connectivity index (χ4v) is 1.84. The van der Waals surface area contributed by atoms with Gasteiger partial charge in [0.15, 0.2) is 5.69 Å². The molecule has 0 unspecified atom stereocenters. The van der Waals surface area contributed by atoms with E-state index in [0.29, 0.717) is 17.3 Å². The number of nitriles is 1. The van der Waals surface area contributed by atoms with Gasteiger partial charge in [-0.2, -0.15) is 5.26 Å². The van der Waals surface area contributed by atoms with Gasteiger partial charge in [-0.1, -0.05) is 11.6 Å². The minimum atomic E-state index is -0.499. The molecule has 1 aromatic heterocycles. The van der Waals surface area contributed by atoms with Crippen molar-refractivity contribution in [2.24, 2.45) is 0 Å². The Morgan fingerprint density at radius 1 is 1.33 bits per heavy atom. The molecule has 0 radical (unpaired) electrons. The zero-order valence-corrected chi connectivity index (χ0v) is 12.3. The zero-order valence-electron chi connectivity index (χ0n) is 11.5. The lowest BCUT2D eigenvalue weighted by molar-refractivity contribution is 0.232. The molecule has 0 spiro atoms. The maximum atomic E-state index is 13.1. The number of hydrogen-bond acceptors (Lipinski definition) is 4. The van der Waals surface area contributed by atoms with Crippen LogP contribution in [0.15, 0.2) is 30.3 Å². The lowest BCUT2D eigenvalue weighted by atomic mass is 10.2. The maximum Gasteiger partial charge on any atom is 0.214 e. The summed E-state index contributed by atoms with van der Waals surface area (Å²) in [5.41, 5.74) is 1.25. The summed E-state index contributed by atoms with van der Waals surface area (Å²) < 4.78 is 18.6. The highest BCUT2D eigenvalue weighted by Crippen LogP contribution is 2.25. The molecule has 6 heteroatoms. The molecule has 2 aromatic rings. The van der Waals surface area contributed by atoms with Gasteiger partial charge in [-0.3, -0.25) is 0 Å². The van der Waals surface area contributed by atoms with Crippen molar-refractivity contribution < 1.29 is 9.13 Å². The molecule has 0 saturated heterocycles. The molecular weight excluding hydrogens is 293 g/mol. The van der Waals surface area contributed by atoms with Crippen molar-refractivity contribution in [3.05, 3.63) is 46.9 Å². The lowest BCUT2D eigenvalue weighted by Gasteiger charge is -2.12. The van der Waals surface area contributed by atoms with Crippen molar-refractivity contribution in [3.63, 3.8) is 0 Å². The number of hydrogen-bond donors (Lipinski definition) is 1. The van der Waals surface area contributed by atoms with Crippen LogP contribution in [0.5, 0.6) is 5.88 Å². The molecule has 1 aromatic carbocycles. The largest absolute Gasteiger partial charge is 0.475 e. The molecule has 21 heavy (non-hydrogen) atoms. The first kappa shape index (κ1) is 15.1. The molecule has 108 valence electrons. The van der Waals surface area contributed by atoms with E-state index in [4.69, 9.17) is 21.6 Å². The van der Waals surface area contributed by atoms with Crippen LogP contribution in [0.2, 0.25) is 5.02 Å². The Hall–Kier alpha value is -2.32. The molecule has 0 amide bonds. The van der Waals surface area contributed by atoms with E-state index in [1.165, 1.54) is 18.2 Å². The second-order valence-electron chi connectivity index (χ2n) is 4.58. The molecule has 0 fully saturated rings. The van der Waals surface area contributed by atoms with Crippen LogP contribution in [-0.4, -0.2) is 11.1 Å². The Morgan fingerprint density at radius 3 is 2.71 bits per heavy atom. The first-order valence-corrected chi connectivity index (χ1v) is 6.67. The number of nitrogens with one attached hydrogen (secondary N) is 1. The minimum absolute atomic E-state index is 0.00577. The normalized spacial score (nSPS) is 10.3. The van der Waals surface area contributed by atoms with Gasteiger partial charge >= 0.3 is 0 Å². The average Bonchev–Trinajstić information content (AvgIpc) is 2.44. The van der Waals surface area contributed by atoms with Gasteiger partial charge in [0.1, 0.15) is 11.9 Å². The van der Waals surface area contributed by atoms with Gasteiger partial charge in [-0.05, 0) is 38.1 Å². The fourth-order valence-electron chi connectivity index (χ4n) is 1.66. The molecule has 0 aliphatic carbocycles. The Bertz CT molecular complexity index is 698. The summed E-state index contributed by atoms with van der Waals surface area (Å²) in [4.78, 5) is 4.11. The smallest absolute Gasteiger partial charge is 0.214 e. The molecule has 2 rings (SSSR count). The van der Waals surface area contributed by atoms with E-state index in [0.717, 1.165) is 0 Å². The van der Waals surface area contributed by atoms with E-state index in [1.54, 1.807) is 12.1 Å². The number of pyridine rings is 1. The zero-order chi connectivity index (χ0) is 15.4. The van der Waals surface area contributed by atoms with Crippen molar-refractivity contribution >= 4 is 23.0 Å². The number of rotatable bonds is 4. The van der Waals surface area contributed by atoms with E-state index in [9.17, 15) is 4.39 Å². The fraction of sp³-hybridized carbons (Fsp3) is 0.200. The first-order valence-electron chi connectivity index (χ1n) is 6.29. The van der Waals surface area contributed by atoms with Gasteiger partial charge in [-0.15, -0.1) is 0 Å². The van der Waals surface area contributed by atoms with Crippen molar-refractivity contribution in [3.8, 4) is 11.9 Å². The highest BCUT2D eigenvalue weighted by atomic mass is 35.5. The Labute approximate surface area is 127 Å². The number of anilines is 2. The summed E-state index contributed by atoms with van der Waals surface area (Å²) in [5.74, 6) is -0.120. The van der Waals surface area contributed by atoms with Gasteiger partial charge in [0, 0.05) is 11.8 Å². The van der Waals surface area contributed by atoms with E-state index in [1.807, 2.05) is 19.9 Å². The molecule has 4 nitrogen and oxygen atoms in total. The van der Waals surface area contributed by atoms with Crippen molar-refractivity contribution in [2.45, 2.75) is 20.0 Å². The van der Waals surface area contributed by atoms with Crippen LogP contribution in [0, 0.1) is 17.1 Å². The van der Waals surface area contributed by atoms with E-state index in [2.05, 4.69) is 10.3 Å². The second kappa shape index (κ2) is 6.42. The highest BCUT2D eigenvalue weighted by molar-refractivity contribution is 6.31. The average molecular weight is 306 g/mol. The SMILES string of the molecule is CC(C)Oc1ccc(Nc2ccc(F)c(Cl)c2)c(C#N)n1. The van der Waals surface area contributed by atoms with Gasteiger partial charge in [0.2, 0.25) is 5.88 Å². The van der Waals surface area contributed by atoms with Gasteiger partial charge in [0.25, 0.3) is 0 Å². The minimum Gasteiger partial charge on any atom is -0.475 e. The molecule has 1 N–H and O–H groups in total. The van der Waals surface area contributed by atoms with Crippen LogP contribution in [0.4, 0.5) is 15.8 Å². The summed E-state index contributed by atoms with van der Waals surface area (Å²) in [5, 5.41) is 12.1. The Kier molecular flexibility index (Phi) is 4.61. The number of aromatic nitrogens is 1. The Balaban J connectivity index is 2.27. The van der Waals surface area contributed by atoms with Crippen LogP contribution in [-0.2, 0) is 0 Å². The van der Waals surface area contributed by atoms with Crippen LogP contribution in [0.3, 0.4) is 0 Å². The standard InChI is InChI=1S/C15H13ClFN3O/c1-9(2)21-15-6-5-13(14(8-18)20-15)19-10-3-4-12(17)11(16)7-10/h3-7,9,19H,1-2H3. The number of benzene rings is 1. The number of nitrogens with zero attached hydrogens (tertiary/aromatic N) is 2. The summed E-state index contributed by atoms with van der Waals surface area (Å²) in [6, 6.07) is 9.56. The van der Waals surface area contributed by atoms with Gasteiger partial charge < -0.3 is 10.1 Å². The molecule has 0 aliphatic rings. The van der Waals surface area contributed by atoms with Crippen LogP contribution in [0.25, 0.3) is 0 Å². The topological polar surface area (TPSA) is 57.9 Å². The summed E-state index contributed by atoms with van der Waals surface area (Å²) in [6.07, 6.45) is -0.0289. The van der Waals surface area contributed by atoms with E-state index in [-0.39, 0.29) is 16.8 Å². The number of halogens is 2. The van der Waals surface area contributed by atoms with Crippen molar-refractivity contribution in [1.29, 1.82) is 5.26 Å². The van der Waals surface area contributed by atoms with E-state index < -0.39 is 5.82 Å². The van der Waals surface area contributed by atoms with E-state index >= 15 is 0 Å². The third-order valence-corrected chi connectivity index (χ3v) is 2.82. The molecule has 0 aliphatic heterocycles. The first-order chi connectivity index (χ1) is 9.99. The quantitative estimate of drug-likeness (QED) is 0.916. The monoisotopic (exact) mass is 305 g/mol. The predicted octanol–water partition coefficient (Wildman–Crippen LogP) is 4.28. The maximum absolute atomic E-state index is 13.1. The van der Waals surface area contributed by atoms with Gasteiger partial charge in [0.05, 0.1) is 16.8 Å². The molecule has 0 bridgehead atoms. The lowest BCUT2D eigenvalue weighted by Crippen LogP contribution is -2.08. The van der Waals surface area contributed by atoms with Crippen molar-refractivity contribution in [2.75, 3.05) is 5.32 Å². The second-order valence-corrected chi connectivity index (χ2v) is 4.99. The molecule has 1 heterocycles. The highest BCUT2D eigenvalue weighted by Gasteiger charge is 2.09. The Morgan fingerprint density at radius 2 is 2.10 bits per heavy atom. The third kappa shape index (κ3) is 3.83. The third-order valence-electron chi connectivity index (χ3n) is 2.53. The van der Waals surface area contributed by atoms with Crippen LogP contribution < -0.4 is 10.1 Å². The summed E-state index contributed by atoms with van der Waals surface area (Å²) in [6.45, 7) is 3.75. The molecular formula is C15H13ClFN3O. The number of ether oxygens (including phenoxy) is 1.